The number of anilines is 1. The molecule has 0 bridgehead atoms. The van der Waals surface area contributed by atoms with Crippen LogP contribution in [-0.2, 0) is 0 Å². The number of nitro groups is 1. The molecule has 9 heteroatoms. The normalized spacial score (nSPS) is 14.1. The molecule has 0 atom stereocenters. The highest BCUT2D eigenvalue weighted by molar-refractivity contribution is 5.99. The van der Waals surface area contributed by atoms with Gasteiger partial charge in [-0.1, -0.05) is 6.07 Å². The first-order chi connectivity index (χ1) is 13.6. The Labute approximate surface area is 160 Å². The molecule has 3 aromatic rings. The van der Waals surface area contributed by atoms with Gasteiger partial charge >= 0.3 is 0 Å². The van der Waals surface area contributed by atoms with E-state index in [9.17, 15) is 14.9 Å². The zero-order valence-corrected chi connectivity index (χ0v) is 15.0. The number of non-ortho nitro benzene ring substituents is 1. The zero-order valence-electron chi connectivity index (χ0n) is 15.0. The van der Waals surface area contributed by atoms with Crippen molar-refractivity contribution in [1.29, 1.82) is 0 Å². The Bertz CT molecular complexity index is 978. The Kier molecular flexibility index (Phi) is 4.71. The predicted molar refractivity (Wildman–Crippen MR) is 103 cm³/mol. The molecule has 1 saturated heterocycles. The monoisotopic (exact) mass is 378 g/mol. The number of benzene rings is 1. The highest BCUT2D eigenvalue weighted by Gasteiger charge is 2.26. The molecule has 1 aromatic carbocycles. The summed E-state index contributed by atoms with van der Waals surface area (Å²) in [6, 6.07) is 11.8. The molecule has 1 fully saturated rings. The van der Waals surface area contributed by atoms with Gasteiger partial charge in [0.2, 0.25) is 0 Å². The minimum Gasteiger partial charge on any atom is -0.353 e. The quantitative estimate of drug-likeness (QED) is 0.551. The first-order valence-electron chi connectivity index (χ1n) is 8.87. The van der Waals surface area contributed by atoms with Gasteiger partial charge in [0.25, 0.3) is 11.6 Å². The molecule has 0 unspecified atom stereocenters. The number of nitro benzene ring substituents is 1. The number of H-pyrrole nitrogens is 1. The summed E-state index contributed by atoms with van der Waals surface area (Å²) in [5.74, 6) is 0.798. The van der Waals surface area contributed by atoms with Crippen LogP contribution in [0.25, 0.3) is 11.3 Å². The second-order valence-corrected chi connectivity index (χ2v) is 6.43. The van der Waals surface area contributed by atoms with Crippen molar-refractivity contribution in [3.8, 4) is 11.3 Å². The van der Waals surface area contributed by atoms with Gasteiger partial charge in [-0.05, 0) is 24.3 Å². The van der Waals surface area contributed by atoms with Crippen LogP contribution in [0.3, 0.4) is 0 Å². The van der Waals surface area contributed by atoms with E-state index in [1.807, 2.05) is 18.2 Å². The van der Waals surface area contributed by atoms with Crippen molar-refractivity contribution in [3.05, 3.63) is 70.5 Å². The lowest BCUT2D eigenvalue weighted by Gasteiger charge is -2.35. The van der Waals surface area contributed by atoms with Crippen LogP contribution < -0.4 is 4.90 Å². The summed E-state index contributed by atoms with van der Waals surface area (Å²) in [5, 5.41) is 17.7. The van der Waals surface area contributed by atoms with E-state index in [2.05, 4.69) is 20.1 Å². The maximum Gasteiger partial charge on any atom is 0.269 e. The molecule has 9 nitrogen and oxygen atoms in total. The maximum absolute atomic E-state index is 13.0. The average molecular weight is 378 g/mol. The standard InChI is InChI=1S/C19H18N6O3/c26-19(24-11-9-23(10-12-24)17-3-1-2-8-20-17)16-13-21-22-18(16)14-4-6-15(7-5-14)25(27)28/h1-8,13H,9-12H2,(H,21,22). The van der Waals surface area contributed by atoms with Crippen molar-refractivity contribution in [2.24, 2.45) is 0 Å². The van der Waals surface area contributed by atoms with E-state index in [0.29, 0.717) is 43.0 Å². The average Bonchev–Trinajstić information content (AvgIpc) is 3.24. The number of pyridine rings is 1. The summed E-state index contributed by atoms with van der Waals surface area (Å²) in [6.45, 7) is 2.57. The van der Waals surface area contributed by atoms with Crippen LogP contribution in [0.4, 0.5) is 11.5 Å². The first kappa shape index (κ1) is 17.7. The van der Waals surface area contributed by atoms with E-state index in [1.165, 1.54) is 18.3 Å². The van der Waals surface area contributed by atoms with Crippen LogP contribution in [0.1, 0.15) is 10.4 Å². The van der Waals surface area contributed by atoms with Crippen molar-refractivity contribution in [3.63, 3.8) is 0 Å². The van der Waals surface area contributed by atoms with Gasteiger partial charge in [-0.3, -0.25) is 20.0 Å². The third kappa shape index (κ3) is 3.41. The third-order valence-corrected chi connectivity index (χ3v) is 4.78. The van der Waals surface area contributed by atoms with Gasteiger partial charge in [-0.15, -0.1) is 0 Å². The topological polar surface area (TPSA) is 108 Å². The Morgan fingerprint density at radius 3 is 2.46 bits per heavy atom. The smallest absolute Gasteiger partial charge is 0.269 e. The zero-order chi connectivity index (χ0) is 19.5. The van der Waals surface area contributed by atoms with Gasteiger partial charge < -0.3 is 9.80 Å². The number of carbonyl (C=O) groups is 1. The second-order valence-electron chi connectivity index (χ2n) is 6.43. The number of amides is 1. The fourth-order valence-electron chi connectivity index (χ4n) is 3.27. The molecule has 1 N–H and O–H groups in total. The minimum atomic E-state index is -0.454. The van der Waals surface area contributed by atoms with Crippen LogP contribution in [-0.4, -0.2) is 57.1 Å². The molecule has 0 spiro atoms. The fourth-order valence-corrected chi connectivity index (χ4v) is 3.27. The number of nitrogens with one attached hydrogen (secondary N) is 1. The van der Waals surface area contributed by atoms with Crippen molar-refractivity contribution in [1.82, 2.24) is 20.1 Å². The number of hydrogen-bond acceptors (Lipinski definition) is 6. The van der Waals surface area contributed by atoms with Crippen molar-refractivity contribution in [2.75, 3.05) is 31.1 Å². The second kappa shape index (κ2) is 7.47. The number of hydrogen-bond donors (Lipinski definition) is 1. The van der Waals surface area contributed by atoms with Gasteiger partial charge in [0.15, 0.2) is 0 Å². The van der Waals surface area contributed by atoms with E-state index in [-0.39, 0.29) is 11.6 Å². The molecule has 1 aliphatic heterocycles. The number of rotatable bonds is 4. The Morgan fingerprint density at radius 2 is 1.82 bits per heavy atom. The van der Waals surface area contributed by atoms with E-state index in [0.717, 1.165) is 5.82 Å². The number of aromatic nitrogens is 3. The van der Waals surface area contributed by atoms with Gasteiger partial charge in [-0.25, -0.2) is 4.98 Å². The number of carbonyl (C=O) groups excluding carboxylic acids is 1. The largest absolute Gasteiger partial charge is 0.353 e. The number of aromatic amines is 1. The van der Waals surface area contributed by atoms with Crippen molar-refractivity contribution >= 4 is 17.4 Å². The van der Waals surface area contributed by atoms with Gasteiger partial charge in [-0.2, -0.15) is 5.10 Å². The summed E-state index contributed by atoms with van der Waals surface area (Å²) in [5.41, 5.74) is 1.70. The highest BCUT2D eigenvalue weighted by Crippen LogP contribution is 2.25. The van der Waals surface area contributed by atoms with Gasteiger partial charge in [0.1, 0.15) is 5.82 Å². The Morgan fingerprint density at radius 1 is 1.07 bits per heavy atom. The molecular formula is C19H18N6O3. The van der Waals surface area contributed by atoms with E-state index >= 15 is 0 Å². The van der Waals surface area contributed by atoms with Crippen LogP contribution >= 0.6 is 0 Å². The summed E-state index contributed by atoms with van der Waals surface area (Å²) < 4.78 is 0. The fraction of sp³-hybridized carbons (Fsp3) is 0.211. The molecule has 28 heavy (non-hydrogen) atoms. The van der Waals surface area contributed by atoms with Crippen LogP contribution in [0.2, 0.25) is 0 Å². The lowest BCUT2D eigenvalue weighted by molar-refractivity contribution is -0.384. The van der Waals surface area contributed by atoms with E-state index < -0.39 is 4.92 Å². The molecular weight excluding hydrogens is 360 g/mol. The molecule has 1 aliphatic rings. The summed E-state index contributed by atoms with van der Waals surface area (Å²) in [6.07, 6.45) is 3.26. The molecule has 1 amide bonds. The SMILES string of the molecule is O=C(c1cn[nH]c1-c1ccc([N+](=O)[O-])cc1)N1CCN(c2ccccn2)CC1. The minimum absolute atomic E-state index is 0.00165. The van der Waals surface area contributed by atoms with Crippen LogP contribution in [0, 0.1) is 10.1 Å². The molecule has 0 radical (unpaired) electrons. The molecule has 3 heterocycles. The van der Waals surface area contributed by atoms with Gasteiger partial charge in [0, 0.05) is 50.1 Å². The van der Waals surface area contributed by atoms with Crippen LogP contribution in [0.15, 0.2) is 54.9 Å². The summed E-state index contributed by atoms with van der Waals surface area (Å²) >= 11 is 0. The molecule has 4 rings (SSSR count). The number of nitrogens with zero attached hydrogens (tertiary/aromatic N) is 5. The van der Waals surface area contributed by atoms with E-state index in [4.69, 9.17) is 0 Å². The molecule has 0 aliphatic carbocycles. The lowest BCUT2D eigenvalue weighted by Crippen LogP contribution is -2.49. The summed E-state index contributed by atoms with van der Waals surface area (Å²) in [4.78, 5) is 31.7. The number of piperazine rings is 1. The lowest BCUT2D eigenvalue weighted by atomic mass is 10.1. The molecule has 0 saturated carbocycles. The Hall–Kier alpha value is -3.75. The van der Waals surface area contributed by atoms with Crippen molar-refractivity contribution in [2.45, 2.75) is 0 Å². The molecule has 142 valence electrons. The Balaban J connectivity index is 1.48. The van der Waals surface area contributed by atoms with Crippen molar-refractivity contribution < 1.29 is 9.72 Å². The maximum atomic E-state index is 13.0. The van der Waals surface area contributed by atoms with E-state index in [1.54, 1.807) is 23.2 Å². The van der Waals surface area contributed by atoms with Gasteiger partial charge in [0.05, 0.1) is 22.4 Å². The predicted octanol–water partition coefficient (Wildman–Crippen LogP) is 2.34. The molecule has 2 aromatic heterocycles. The highest BCUT2D eigenvalue weighted by atomic mass is 16.6. The first-order valence-corrected chi connectivity index (χ1v) is 8.87. The van der Waals surface area contributed by atoms with Crippen LogP contribution in [0.5, 0.6) is 0 Å². The third-order valence-electron chi connectivity index (χ3n) is 4.78. The summed E-state index contributed by atoms with van der Waals surface area (Å²) in [7, 11) is 0.